The van der Waals surface area contributed by atoms with Gasteiger partial charge in [0.05, 0.1) is 12.1 Å². The second-order valence-corrected chi connectivity index (χ2v) is 3.77. The van der Waals surface area contributed by atoms with Gasteiger partial charge >= 0.3 is 0 Å². The highest BCUT2D eigenvalue weighted by Gasteiger charge is 2.18. The van der Waals surface area contributed by atoms with E-state index in [0.717, 1.165) is 0 Å². The van der Waals surface area contributed by atoms with Gasteiger partial charge < -0.3 is 15.1 Å². The molecular weight excluding hydrogens is 236 g/mol. The van der Waals surface area contributed by atoms with Gasteiger partial charge in [-0.2, -0.15) is 5.10 Å². The van der Waals surface area contributed by atoms with E-state index >= 15 is 0 Å². The smallest absolute Gasteiger partial charge is 0.257 e. The van der Waals surface area contributed by atoms with Crippen molar-refractivity contribution in [1.82, 2.24) is 20.1 Å². The Bertz CT molecular complexity index is 553. The van der Waals surface area contributed by atoms with Crippen LogP contribution in [0, 0.1) is 0 Å². The van der Waals surface area contributed by atoms with Crippen LogP contribution in [0.5, 0.6) is 11.5 Å². The van der Waals surface area contributed by atoms with Crippen molar-refractivity contribution in [2.45, 2.75) is 6.54 Å². The summed E-state index contributed by atoms with van der Waals surface area (Å²) in [5, 5.41) is 25.3. The molecule has 7 heteroatoms. The fraction of sp³-hybridized carbons (Fsp3) is 0.182. The van der Waals surface area contributed by atoms with E-state index in [1.54, 1.807) is 7.05 Å². The van der Waals surface area contributed by atoms with Crippen LogP contribution in [0.25, 0.3) is 0 Å². The normalized spacial score (nSPS) is 10.3. The van der Waals surface area contributed by atoms with E-state index in [0.29, 0.717) is 5.82 Å². The summed E-state index contributed by atoms with van der Waals surface area (Å²) in [6, 6.07) is 4.24. The van der Waals surface area contributed by atoms with Crippen molar-refractivity contribution in [1.29, 1.82) is 0 Å². The highest BCUT2D eigenvalue weighted by molar-refractivity contribution is 5.97. The number of aromatic amines is 1. The first-order valence-electron chi connectivity index (χ1n) is 5.20. The number of rotatable bonds is 3. The SMILES string of the molecule is CN(Cc1ncn[nH]1)C(=O)c1cccc(O)c1O. The summed E-state index contributed by atoms with van der Waals surface area (Å²) in [6.07, 6.45) is 1.35. The molecule has 0 aliphatic carbocycles. The molecule has 0 atom stereocenters. The summed E-state index contributed by atoms with van der Waals surface area (Å²) < 4.78 is 0. The highest BCUT2D eigenvalue weighted by atomic mass is 16.3. The van der Waals surface area contributed by atoms with Crippen molar-refractivity contribution < 1.29 is 15.0 Å². The topological polar surface area (TPSA) is 102 Å². The molecule has 0 bridgehead atoms. The van der Waals surface area contributed by atoms with Gasteiger partial charge in [0.25, 0.3) is 5.91 Å². The Hall–Kier alpha value is -2.57. The number of phenolic OH excluding ortho intramolecular Hbond substituents is 2. The molecule has 18 heavy (non-hydrogen) atoms. The molecule has 94 valence electrons. The fourth-order valence-electron chi connectivity index (χ4n) is 1.51. The number of H-pyrrole nitrogens is 1. The zero-order valence-corrected chi connectivity index (χ0v) is 9.66. The van der Waals surface area contributed by atoms with E-state index < -0.39 is 11.7 Å². The standard InChI is InChI=1S/C11H12N4O3/c1-15(5-9-12-6-13-14-9)11(18)7-3-2-4-8(16)10(7)17/h2-4,6,16-17H,5H2,1H3,(H,12,13,14). The van der Waals surface area contributed by atoms with Crippen molar-refractivity contribution in [3.63, 3.8) is 0 Å². The summed E-state index contributed by atoms with van der Waals surface area (Å²) in [7, 11) is 1.56. The summed E-state index contributed by atoms with van der Waals surface area (Å²) in [4.78, 5) is 17.3. The molecule has 1 amide bonds. The van der Waals surface area contributed by atoms with Crippen LogP contribution in [0.3, 0.4) is 0 Å². The maximum atomic E-state index is 12.0. The van der Waals surface area contributed by atoms with E-state index in [1.165, 1.54) is 29.4 Å². The maximum absolute atomic E-state index is 12.0. The molecule has 0 aliphatic heterocycles. The van der Waals surface area contributed by atoms with Crippen LogP contribution >= 0.6 is 0 Å². The van der Waals surface area contributed by atoms with E-state index in [-0.39, 0.29) is 17.9 Å². The first kappa shape index (κ1) is 11.9. The number of nitrogens with one attached hydrogen (secondary N) is 1. The second-order valence-electron chi connectivity index (χ2n) is 3.77. The minimum atomic E-state index is -0.424. The third kappa shape index (κ3) is 2.24. The molecule has 0 radical (unpaired) electrons. The van der Waals surface area contributed by atoms with Crippen LogP contribution in [0.2, 0.25) is 0 Å². The number of hydrogen-bond acceptors (Lipinski definition) is 5. The van der Waals surface area contributed by atoms with Gasteiger partial charge in [-0.1, -0.05) is 6.07 Å². The fourth-order valence-corrected chi connectivity index (χ4v) is 1.51. The second kappa shape index (κ2) is 4.74. The molecule has 0 unspecified atom stereocenters. The lowest BCUT2D eigenvalue weighted by molar-refractivity contribution is 0.0778. The zero-order chi connectivity index (χ0) is 13.1. The Balaban J connectivity index is 2.18. The molecule has 1 heterocycles. The molecule has 0 saturated heterocycles. The van der Waals surface area contributed by atoms with Crippen molar-refractivity contribution in [2.75, 3.05) is 7.05 Å². The van der Waals surface area contributed by atoms with Crippen molar-refractivity contribution >= 4 is 5.91 Å². The summed E-state index contributed by atoms with van der Waals surface area (Å²) >= 11 is 0. The lowest BCUT2D eigenvalue weighted by atomic mass is 10.1. The number of phenols is 2. The van der Waals surface area contributed by atoms with Gasteiger partial charge in [0.1, 0.15) is 12.2 Å². The number of carbonyl (C=O) groups is 1. The Labute approximate surface area is 103 Å². The molecule has 1 aromatic heterocycles. The molecule has 3 N–H and O–H groups in total. The molecule has 2 rings (SSSR count). The third-order valence-electron chi connectivity index (χ3n) is 2.44. The summed E-state index contributed by atoms with van der Waals surface area (Å²) in [5.41, 5.74) is 0.0389. The largest absolute Gasteiger partial charge is 0.504 e. The summed E-state index contributed by atoms with van der Waals surface area (Å²) in [6.45, 7) is 0.230. The first-order valence-corrected chi connectivity index (χ1v) is 5.20. The van der Waals surface area contributed by atoms with E-state index in [9.17, 15) is 15.0 Å². The Morgan fingerprint density at radius 2 is 2.22 bits per heavy atom. The minimum Gasteiger partial charge on any atom is -0.504 e. The minimum absolute atomic E-state index is 0.0389. The Morgan fingerprint density at radius 1 is 1.44 bits per heavy atom. The Kier molecular flexibility index (Phi) is 3.13. The van der Waals surface area contributed by atoms with E-state index in [4.69, 9.17) is 0 Å². The number of hydrogen-bond donors (Lipinski definition) is 3. The lowest BCUT2D eigenvalue weighted by Gasteiger charge is -2.16. The van der Waals surface area contributed by atoms with Crippen LogP contribution in [-0.4, -0.2) is 43.2 Å². The highest BCUT2D eigenvalue weighted by Crippen LogP contribution is 2.28. The van der Waals surface area contributed by atoms with E-state index in [2.05, 4.69) is 15.2 Å². The first-order chi connectivity index (χ1) is 8.59. The van der Waals surface area contributed by atoms with E-state index in [1.807, 2.05) is 0 Å². The zero-order valence-electron chi connectivity index (χ0n) is 9.66. The molecule has 0 fully saturated rings. The number of nitrogens with zero attached hydrogens (tertiary/aromatic N) is 3. The maximum Gasteiger partial charge on any atom is 0.257 e. The molecule has 1 aromatic carbocycles. The Morgan fingerprint density at radius 3 is 2.89 bits per heavy atom. The molecule has 0 spiro atoms. The number of aromatic nitrogens is 3. The van der Waals surface area contributed by atoms with Gasteiger partial charge in [-0.25, -0.2) is 4.98 Å². The third-order valence-corrected chi connectivity index (χ3v) is 2.44. The predicted octanol–water partition coefficient (Wildman–Crippen LogP) is 0.488. The van der Waals surface area contributed by atoms with Gasteiger partial charge in [0, 0.05) is 7.05 Å². The number of aromatic hydroxyl groups is 2. The van der Waals surface area contributed by atoms with Crippen LogP contribution < -0.4 is 0 Å². The molecule has 7 nitrogen and oxygen atoms in total. The number of para-hydroxylation sites is 1. The average Bonchev–Trinajstić information content (AvgIpc) is 2.84. The predicted molar refractivity (Wildman–Crippen MR) is 62.0 cm³/mol. The monoisotopic (exact) mass is 248 g/mol. The van der Waals surface area contributed by atoms with Crippen molar-refractivity contribution in [3.05, 3.63) is 35.9 Å². The molecule has 0 saturated carbocycles. The van der Waals surface area contributed by atoms with Crippen LogP contribution in [0.4, 0.5) is 0 Å². The van der Waals surface area contributed by atoms with Crippen LogP contribution in [0.15, 0.2) is 24.5 Å². The number of amides is 1. The van der Waals surface area contributed by atoms with Gasteiger partial charge in [0.2, 0.25) is 0 Å². The summed E-state index contributed by atoms with van der Waals surface area (Å²) in [5.74, 6) is -0.633. The van der Waals surface area contributed by atoms with Gasteiger partial charge in [-0.15, -0.1) is 0 Å². The van der Waals surface area contributed by atoms with Crippen molar-refractivity contribution in [3.8, 4) is 11.5 Å². The lowest BCUT2D eigenvalue weighted by Crippen LogP contribution is -2.26. The van der Waals surface area contributed by atoms with Gasteiger partial charge in [0.15, 0.2) is 11.5 Å². The van der Waals surface area contributed by atoms with Gasteiger partial charge in [-0.3, -0.25) is 9.89 Å². The average molecular weight is 248 g/mol. The molecule has 0 aliphatic rings. The number of carbonyl (C=O) groups excluding carboxylic acids is 1. The quantitative estimate of drug-likeness (QED) is 0.686. The van der Waals surface area contributed by atoms with Gasteiger partial charge in [-0.05, 0) is 12.1 Å². The van der Waals surface area contributed by atoms with Crippen molar-refractivity contribution in [2.24, 2.45) is 0 Å². The molecular formula is C11H12N4O3. The molecule has 2 aromatic rings. The van der Waals surface area contributed by atoms with Crippen LogP contribution in [0.1, 0.15) is 16.2 Å². The van der Waals surface area contributed by atoms with Crippen LogP contribution in [-0.2, 0) is 6.54 Å². The number of benzene rings is 1.